The van der Waals surface area contributed by atoms with Gasteiger partial charge in [-0.1, -0.05) is 0 Å². The summed E-state index contributed by atoms with van der Waals surface area (Å²) in [4.78, 5) is 0. The van der Waals surface area contributed by atoms with E-state index in [4.69, 9.17) is 14.2 Å². The lowest BCUT2D eigenvalue weighted by atomic mass is 9.96. The molecule has 2 aliphatic heterocycles. The van der Waals surface area contributed by atoms with E-state index in [9.17, 15) is 0 Å². The van der Waals surface area contributed by atoms with E-state index in [0.29, 0.717) is 0 Å². The molecule has 0 aliphatic carbocycles. The van der Waals surface area contributed by atoms with Crippen LogP contribution in [0.4, 0.5) is 0 Å². The van der Waals surface area contributed by atoms with Crippen molar-refractivity contribution in [2.75, 3.05) is 26.1 Å². The van der Waals surface area contributed by atoms with Crippen molar-refractivity contribution in [3.8, 4) is 0 Å². The van der Waals surface area contributed by atoms with E-state index in [-0.39, 0.29) is 20.0 Å². The fourth-order valence-corrected chi connectivity index (χ4v) is 7.47. The molecule has 18 heavy (non-hydrogen) atoms. The normalized spacial score (nSPS) is 38.5. The minimum atomic E-state index is -0.389. The molecule has 2 aliphatic rings. The van der Waals surface area contributed by atoms with Crippen LogP contribution >= 0.6 is 0 Å². The summed E-state index contributed by atoms with van der Waals surface area (Å²) in [5.74, 6) is 0. The van der Waals surface area contributed by atoms with Crippen molar-refractivity contribution in [2.24, 2.45) is 0 Å². The van der Waals surface area contributed by atoms with Gasteiger partial charge in [0.1, 0.15) is 0 Å². The van der Waals surface area contributed by atoms with Crippen molar-refractivity contribution in [1.29, 1.82) is 0 Å². The maximum atomic E-state index is 6.35. The minimum absolute atomic E-state index is 0.0903. The van der Waals surface area contributed by atoms with Crippen molar-refractivity contribution < 1.29 is 14.2 Å². The van der Waals surface area contributed by atoms with Crippen LogP contribution in [0.2, 0.25) is 0 Å². The molecule has 0 aromatic heterocycles. The second-order valence-corrected chi connectivity index (χ2v) is 9.45. The summed E-state index contributed by atoms with van der Waals surface area (Å²) in [6.07, 6.45) is 8.47. The van der Waals surface area contributed by atoms with Gasteiger partial charge in [-0.05, 0) is 45.4 Å². The van der Waals surface area contributed by atoms with Gasteiger partial charge in [0.2, 0.25) is 0 Å². The van der Waals surface area contributed by atoms with Crippen molar-refractivity contribution >= 4 is 19.8 Å². The highest BCUT2D eigenvalue weighted by atomic mass is 28.2. The lowest BCUT2D eigenvalue weighted by molar-refractivity contribution is -0.160. The Morgan fingerprint density at radius 1 is 1.11 bits per heavy atom. The fourth-order valence-electron chi connectivity index (χ4n) is 3.41. The molecule has 2 rings (SSSR count). The molecule has 0 spiro atoms. The van der Waals surface area contributed by atoms with Crippen LogP contribution in [0.15, 0.2) is 0 Å². The number of hydrogen-bond donors (Lipinski definition) is 0. The molecule has 0 amide bonds. The van der Waals surface area contributed by atoms with E-state index in [1.807, 2.05) is 0 Å². The third kappa shape index (κ3) is 3.07. The fraction of sp³-hybridized carbons (Fsp3) is 1.00. The SMILES string of the molecule is CCOC[SiH2]C1(C2([SiH3])CCCCO2)CCCCO1. The first-order valence-corrected chi connectivity index (χ1v) is 10.3. The third-order valence-corrected chi connectivity index (χ3v) is 9.65. The van der Waals surface area contributed by atoms with Crippen LogP contribution in [0.1, 0.15) is 45.4 Å². The van der Waals surface area contributed by atoms with E-state index >= 15 is 0 Å². The van der Waals surface area contributed by atoms with Crippen LogP contribution in [0.5, 0.6) is 0 Å². The zero-order valence-electron chi connectivity index (χ0n) is 12.0. The van der Waals surface area contributed by atoms with Gasteiger partial charge in [0.25, 0.3) is 0 Å². The molecule has 0 saturated carbocycles. The monoisotopic (exact) mass is 288 g/mol. The first kappa shape index (κ1) is 14.7. The van der Waals surface area contributed by atoms with Gasteiger partial charge in [-0.25, -0.2) is 0 Å². The standard InChI is InChI=1S/C13H28O3Si2/c1-2-14-11-18-13(8-4-6-10-16-13)12(17)7-3-5-9-15-12/h2-11,18H2,1,17H3. The topological polar surface area (TPSA) is 27.7 Å². The lowest BCUT2D eigenvalue weighted by Gasteiger charge is -2.52. The average Bonchev–Trinajstić information content (AvgIpc) is 2.41. The Morgan fingerprint density at radius 3 is 2.39 bits per heavy atom. The molecule has 5 heteroatoms. The zero-order chi connectivity index (χ0) is 12.9. The Bertz CT molecular complexity index is 249. The highest BCUT2D eigenvalue weighted by Crippen LogP contribution is 2.40. The zero-order valence-corrected chi connectivity index (χ0v) is 15.4. The van der Waals surface area contributed by atoms with Gasteiger partial charge in [0, 0.05) is 36.3 Å². The summed E-state index contributed by atoms with van der Waals surface area (Å²) >= 11 is 0. The van der Waals surface area contributed by atoms with Crippen LogP contribution in [-0.4, -0.2) is 56.3 Å². The summed E-state index contributed by atoms with van der Waals surface area (Å²) in [5.41, 5.74) is 0. The van der Waals surface area contributed by atoms with E-state index in [2.05, 4.69) is 6.92 Å². The van der Waals surface area contributed by atoms with Crippen LogP contribution in [0.3, 0.4) is 0 Å². The molecule has 0 aromatic rings. The predicted molar refractivity (Wildman–Crippen MR) is 80.0 cm³/mol. The Balaban J connectivity index is 2.06. The average molecular weight is 289 g/mol. The Hall–Kier alpha value is 0.314. The van der Waals surface area contributed by atoms with Crippen molar-refractivity contribution in [3.05, 3.63) is 0 Å². The van der Waals surface area contributed by atoms with E-state index in [1.165, 1.54) is 38.5 Å². The molecule has 106 valence electrons. The maximum absolute atomic E-state index is 6.35. The molecule has 0 N–H and O–H groups in total. The molecule has 2 fully saturated rings. The summed E-state index contributed by atoms with van der Waals surface area (Å²) < 4.78 is 18.2. The largest absolute Gasteiger partial charge is 0.386 e. The van der Waals surface area contributed by atoms with Gasteiger partial charge in [0.05, 0.1) is 20.0 Å². The summed E-state index contributed by atoms with van der Waals surface area (Å²) in [7, 11) is 0.707. The third-order valence-electron chi connectivity index (χ3n) is 4.64. The summed E-state index contributed by atoms with van der Waals surface area (Å²) in [6.45, 7) is 4.79. The van der Waals surface area contributed by atoms with Crippen molar-refractivity contribution in [1.82, 2.24) is 0 Å². The minimum Gasteiger partial charge on any atom is -0.386 e. The van der Waals surface area contributed by atoms with E-state index < -0.39 is 0 Å². The van der Waals surface area contributed by atoms with Crippen LogP contribution in [-0.2, 0) is 14.2 Å². The number of hydrogen-bond acceptors (Lipinski definition) is 3. The van der Waals surface area contributed by atoms with Crippen molar-refractivity contribution in [2.45, 2.75) is 55.9 Å². The van der Waals surface area contributed by atoms with Gasteiger partial charge >= 0.3 is 0 Å². The molecule has 3 nitrogen and oxygen atoms in total. The second-order valence-electron chi connectivity index (χ2n) is 5.78. The Morgan fingerprint density at radius 2 is 1.83 bits per heavy atom. The van der Waals surface area contributed by atoms with Gasteiger partial charge in [-0.15, -0.1) is 0 Å². The molecule has 2 unspecified atom stereocenters. The molecule has 0 bridgehead atoms. The molecule has 0 aromatic carbocycles. The number of ether oxygens (including phenoxy) is 3. The van der Waals surface area contributed by atoms with Gasteiger partial charge in [-0.3, -0.25) is 0 Å². The summed E-state index contributed by atoms with van der Waals surface area (Å²) in [6, 6.07) is 0. The first-order chi connectivity index (χ1) is 8.72. The van der Waals surface area contributed by atoms with Gasteiger partial charge < -0.3 is 14.2 Å². The smallest absolute Gasteiger partial charge is 0.0932 e. The van der Waals surface area contributed by atoms with Gasteiger partial charge in [0.15, 0.2) is 0 Å². The van der Waals surface area contributed by atoms with Crippen LogP contribution in [0.25, 0.3) is 0 Å². The quantitative estimate of drug-likeness (QED) is 0.538. The molecule has 2 atom stereocenters. The molecule has 2 heterocycles. The summed E-state index contributed by atoms with van der Waals surface area (Å²) in [5, 5.41) is 0.183. The van der Waals surface area contributed by atoms with Gasteiger partial charge in [-0.2, -0.15) is 0 Å². The Labute approximate surface area is 116 Å². The number of rotatable bonds is 5. The van der Waals surface area contributed by atoms with Crippen molar-refractivity contribution in [3.63, 3.8) is 0 Å². The molecular weight excluding hydrogens is 260 g/mol. The molecular formula is C13H28O3Si2. The van der Waals surface area contributed by atoms with Crippen LogP contribution < -0.4 is 0 Å². The highest BCUT2D eigenvalue weighted by molar-refractivity contribution is 6.42. The predicted octanol–water partition coefficient (Wildman–Crippen LogP) is 0.308. The van der Waals surface area contributed by atoms with E-state index in [0.717, 1.165) is 36.3 Å². The first-order valence-electron chi connectivity index (χ1n) is 7.58. The lowest BCUT2D eigenvalue weighted by Crippen LogP contribution is -2.64. The molecule has 0 radical (unpaired) electrons. The highest BCUT2D eigenvalue weighted by Gasteiger charge is 2.50. The van der Waals surface area contributed by atoms with Crippen LogP contribution in [0, 0.1) is 0 Å². The second kappa shape index (κ2) is 6.65. The Kier molecular flexibility index (Phi) is 5.44. The van der Waals surface area contributed by atoms with E-state index in [1.54, 1.807) is 0 Å². The molecule has 2 saturated heterocycles. The maximum Gasteiger partial charge on any atom is 0.0932 e.